The van der Waals surface area contributed by atoms with Gasteiger partial charge < -0.3 is 15.1 Å². The van der Waals surface area contributed by atoms with Crippen molar-refractivity contribution in [3.8, 4) is 0 Å². The highest BCUT2D eigenvalue weighted by Crippen LogP contribution is 2.31. The van der Waals surface area contributed by atoms with Crippen LogP contribution in [0, 0.1) is 5.92 Å². The lowest BCUT2D eigenvalue weighted by Gasteiger charge is -2.33. The van der Waals surface area contributed by atoms with E-state index in [1.807, 2.05) is 31.7 Å². The number of nitrogens with zero attached hydrogens (tertiary/aromatic N) is 2. The van der Waals surface area contributed by atoms with Gasteiger partial charge in [0.15, 0.2) is 0 Å². The molecule has 0 spiro atoms. The molecule has 1 unspecified atom stereocenters. The Balaban J connectivity index is 1.70. The molecule has 3 amide bonds. The van der Waals surface area contributed by atoms with E-state index < -0.39 is 0 Å². The minimum atomic E-state index is -0.259. The first-order chi connectivity index (χ1) is 11.7. The predicted octanol–water partition coefficient (Wildman–Crippen LogP) is 1.64. The van der Waals surface area contributed by atoms with Crippen LogP contribution in [0.5, 0.6) is 0 Å². The summed E-state index contributed by atoms with van der Waals surface area (Å²) in [6.45, 7) is 7.67. The number of hydrogen-bond acceptors (Lipinski definition) is 4. The summed E-state index contributed by atoms with van der Waals surface area (Å²) in [7, 11) is 1.62. The molecule has 0 bridgehead atoms. The predicted molar refractivity (Wildman–Crippen MR) is 96.4 cm³/mol. The van der Waals surface area contributed by atoms with Crippen LogP contribution in [0.25, 0.3) is 0 Å². The minimum absolute atomic E-state index is 0.0541. The summed E-state index contributed by atoms with van der Waals surface area (Å²) in [6.07, 6.45) is 1.07. The van der Waals surface area contributed by atoms with Gasteiger partial charge in [-0.3, -0.25) is 14.4 Å². The maximum absolute atomic E-state index is 12.9. The maximum atomic E-state index is 12.9. The van der Waals surface area contributed by atoms with E-state index in [2.05, 4.69) is 5.32 Å². The van der Waals surface area contributed by atoms with Crippen molar-refractivity contribution in [1.82, 2.24) is 15.1 Å². The maximum Gasteiger partial charge on any atom is 0.261 e. The molecule has 25 heavy (non-hydrogen) atoms. The van der Waals surface area contributed by atoms with Crippen molar-refractivity contribution in [1.29, 1.82) is 0 Å². The van der Waals surface area contributed by atoms with E-state index in [1.54, 1.807) is 11.9 Å². The molecular weight excluding hydrogens is 338 g/mol. The Hall–Kier alpha value is -1.89. The second kappa shape index (κ2) is 6.44. The summed E-state index contributed by atoms with van der Waals surface area (Å²) in [6, 6.07) is 1.89. The molecule has 1 fully saturated rings. The largest absolute Gasteiger partial charge is 0.354 e. The standard InChI is InChI=1S/C18H25N3O3S/c1-18(2,3)21-10-12(8-15(21)22)17(24)20-6-5-13-11(9-20)7-14(25-13)16(23)19-4/h7,12H,5-6,8-10H2,1-4H3,(H,19,23). The molecule has 1 saturated heterocycles. The molecular formula is C18H25N3O3S. The van der Waals surface area contributed by atoms with Crippen LogP contribution in [0.2, 0.25) is 0 Å². The number of carbonyl (C=O) groups excluding carboxylic acids is 3. The fourth-order valence-electron chi connectivity index (χ4n) is 3.54. The number of likely N-dealkylation sites (tertiary alicyclic amines) is 1. The highest BCUT2D eigenvalue weighted by Gasteiger charge is 2.41. The summed E-state index contributed by atoms with van der Waals surface area (Å²) < 4.78 is 0. The third kappa shape index (κ3) is 3.42. The fraction of sp³-hybridized carbons (Fsp3) is 0.611. The second-order valence-corrected chi connectivity index (χ2v) is 8.86. The van der Waals surface area contributed by atoms with Crippen molar-refractivity contribution in [3.63, 3.8) is 0 Å². The van der Waals surface area contributed by atoms with Gasteiger partial charge in [0.2, 0.25) is 11.8 Å². The molecule has 1 aromatic rings. The van der Waals surface area contributed by atoms with Crippen LogP contribution >= 0.6 is 11.3 Å². The van der Waals surface area contributed by atoms with E-state index in [0.29, 0.717) is 30.9 Å². The summed E-state index contributed by atoms with van der Waals surface area (Å²) in [5.41, 5.74) is 0.803. The lowest BCUT2D eigenvalue weighted by molar-refractivity contribution is -0.136. The van der Waals surface area contributed by atoms with Crippen molar-refractivity contribution in [2.45, 2.75) is 45.7 Å². The molecule has 0 aliphatic carbocycles. The lowest BCUT2D eigenvalue weighted by Crippen LogP contribution is -2.44. The summed E-state index contributed by atoms with van der Waals surface area (Å²) >= 11 is 1.51. The number of carbonyl (C=O) groups is 3. The van der Waals surface area contributed by atoms with Gasteiger partial charge in [-0.25, -0.2) is 0 Å². The molecule has 0 radical (unpaired) electrons. The van der Waals surface area contributed by atoms with E-state index >= 15 is 0 Å². The third-order valence-corrected chi connectivity index (χ3v) is 6.15. The van der Waals surface area contributed by atoms with Gasteiger partial charge in [-0.15, -0.1) is 11.3 Å². The van der Waals surface area contributed by atoms with Crippen molar-refractivity contribution in [3.05, 3.63) is 21.4 Å². The number of nitrogens with one attached hydrogen (secondary N) is 1. The number of amides is 3. The van der Waals surface area contributed by atoms with Crippen molar-refractivity contribution < 1.29 is 14.4 Å². The van der Waals surface area contributed by atoms with E-state index in [4.69, 9.17) is 0 Å². The summed E-state index contributed by atoms with van der Waals surface area (Å²) in [4.78, 5) is 42.5. The van der Waals surface area contributed by atoms with Gasteiger partial charge >= 0.3 is 0 Å². The van der Waals surface area contributed by atoms with E-state index in [-0.39, 0.29) is 29.2 Å². The van der Waals surface area contributed by atoms with Crippen LogP contribution in [0.1, 0.15) is 47.3 Å². The van der Waals surface area contributed by atoms with Crippen molar-refractivity contribution in [2.24, 2.45) is 5.92 Å². The summed E-state index contributed by atoms with van der Waals surface area (Å²) in [5.74, 6) is -0.232. The SMILES string of the molecule is CNC(=O)c1cc2c(s1)CCN(C(=O)C1CC(=O)N(C(C)(C)C)C1)C2. The lowest BCUT2D eigenvalue weighted by atomic mass is 10.0. The molecule has 3 heterocycles. The van der Waals surface area contributed by atoms with Crippen molar-refractivity contribution in [2.75, 3.05) is 20.1 Å². The quantitative estimate of drug-likeness (QED) is 0.868. The fourth-order valence-corrected chi connectivity index (χ4v) is 4.64. The zero-order chi connectivity index (χ0) is 18.4. The first-order valence-corrected chi connectivity index (χ1v) is 9.45. The molecule has 6 nitrogen and oxygen atoms in total. The molecule has 0 saturated carbocycles. The van der Waals surface area contributed by atoms with E-state index in [1.165, 1.54) is 16.2 Å². The molecule has 2 aliphatic heterocycles. The Morgan fingerprint density at radius 2 is 2.04 bits per heavy atom. The van der Waals surface area contributed by atoms with Crippen LogP contribution in [-0.4, -0.2) is 53.2 Å². The van der Waals surface area contributed by atoms with Crippen LogP contribution in [0.3, 0.4) is 0 Å². The van der Waals surface area contributed by atoms with E-state index in [0.717, 1.165) is 12.0 Å². The van der Waals surface area contributed by atoms with Gasteiger partial charge in [0.1, 0.15) is 0 Å². The normalized spacial score (nSPS) is 20.6. The molecule has 1 N–H and O–H groups in total. The average Bonchev–Trinajstić information content (AvgIpc) is 3.15. The molecule has 7 heteroatoms. The Labute approximate surface area is 152 Å². The number of thiophene rings is 1. The van der Waals surface area contributed by atoms with Gasteiger partial charge in [-0.2, -0.15) is 0 Å². The number of hydrogen-bond donors (Lipinski definition) is 1. The molecule has 3 rings (SSSR count). The highest BCUT2D eigenvalue weighted by atomic mass is 32.1. The van der Waals surface area contributed by atoms with Crippen LogP contribution in [0.15, 0.2) is 6.07 Å². The van der Waals surface area contributed by atoms with Gasteiger partial charge in [0.05, 0.1) is 10.8 Å². The zero-order valence-corrected chi connectivity index (χ0v) is 16.0. The van der Waals surface area contributed by atoms with Gasteiger partial charge in [-0.1, -0.05) is 0 Å². The first-order valence-electron chi connectivity index (χ1n) is 8.63. The molecule has 0 aromatic carbocycles. The smallest absolute Gasteiger partial charge is 0.261 e. The molecule has 1 aromatic heterocycles. The third-order valence-electron chi connectivity index (χ3n) is 4.91. The van der Waals surface area contributed by atoms with Gasteiger partial charge in [0, 0.05) is 43.5 Å². The molecule has 136 valence electrons. The van der Waals surface area contributed by atoms with Crippen molar-refractivity contribution >= 4 is 29.1 Å². The average molecular weight is 363 g/mol. The Kier molecular flexibility index (Phi) is 4.62. The Morgan fingerprint density at radius 1 is 1.32 bits per heavy atom. The summed E-state index contributed by atoms with van der Waals surface area (Å²) in [5, 5.41) is 2.64. The molecule has 2 aliphatic rings. The van der Waals surface area contributed by atoms with Crippen LogP contribution in [-0.2, 0) is 22.6 Å². The topological polar surface area (TPSA) is 69.7 Å². The first kappa shape index (κ1) is 17.9. The second-order valence-electron chi connectivity index (χ2n) is 7.72. The monoisotopic (exact) mass is 363 g/mol. The Morgan fingerprint density at radius 3 is 2.64 bits per heavy atom. The highest BCUT2D eigenvalue weighted by molar-refractivity contribution is 7.14. The Bertz CT molecular complexity index is 720. The van der Waals surface area contributed by atoms with Crippen LogP contribution in [0.4, 0.5) is 0 Å². The molecule has 1 atom stereocenters. The van der Waals surface area contributed by atoms with E-state index in [9.17, 15) is 14.4 Å². The van der Waals surface area contributed by atoms with Gasteiger partial charge in [0.25, 0.3) is 5.91 Å². The minimum Gasteiger partial charge on any atom is -0.354 e. The number of rotatable bonds is 2. The number of fused-ring (bicyclic) bond motifs is 1. The van der Waals surface area contributed by atoms with Crippen LogP contribution < -0.4 is 5.32 Å². The zero-order valence-electron chi connectivity index (χ0n) is 15.2. The van der Waals surface area contributed by atoms with Gasteiger partial charge in [-0.05, 0) is 38.8 Å².